The van der Waals surface area contributed by atoms with Crippen LogP contribution >= 0.6 is 0 Å². The van der Waals surface area contributed by atoms with Crippen LogP contribution in [0.4, 0.5) is 0 Å². The van der Waals surface area contributed by atoms with Crippen molar-refractivity contribution < 1.29 is 19.1 Å². The van der Waals surface area contributed by atoms with E-state index in [0.29, 0.717) is 6.10 Å². The lowest BCUT2D eigenvalue weighted by molar-refractivity contribution is -0.150. The van der Waals surface area contributed by atoms with Crippen molar-refractivity contribution in [1.29, 1.82) is 0 Å². The Balaban J connectivity index is 0.000000381. The molecule has 1 unspecified atom stereocenters. The van der Waals surface area contributed by atoms with Gasteiger partial charge in [0.1, 0.15) is 0 Å². The molecule has 0 aliphatic rings. The molecule has 0 bridgehead atoms. The van der Waals surface area contributed by atoms with Crippen LogP contribution in [0.15, 0.2) is 36.5 Å². The number of benzene rings is 1. The number of ether oxygens (including phenoxy) is 2. The van der Waals surface area contributed by atoms with Gasteiger partial charge in [-0.3, -0.25) is 4.79 Å². The van der Waals surface area contributed by atoms with Crippen LogP contribution in [-0.4, -0.2) is 36.1 Å². The lowest BCUT2D eigenvalue weighted by atomic mass is 10.2. The number of carbonyl (C=O) groups is 2. The topological polar surface area (TPSA) is 57.5 Å². The van der Waals surface area contributed by atoms with E-state index in [1.54, 1.807) is 0 Å². The number of hydrogen-bond acceptors (Lipinski definition) is 4. The lowest BCUT2D eigenvalue weighted by Gasteiger charge is -2.16. The number of rotatable bonds is 8. The summed E-state index contributed by atoms with van der Waals surface area (Å²) in [6, 6.07) is 10.7. The molecule has 0 saturated carbocycles. The average molecular weight is 347 g/mol. The highest BCUT2D eigenvalue weighted by Gasteiger charge is 2.07. The summed E-state index contributed by atoms with van der Waals surface area (Å²) in [7, 11) is 1.17. The Labute approximate surface area is 149 Å². The largest absolute Gasteiger partial charge is 0.463 e. The molecule has 0 spiro atoms. The van der Waals surface area contributed by atoms with Crippen LogP contribution in [-0.2, 0) is 25.6 Å². The van der Waals surface area contributed by atoms with E-state index in [1.165, 1.54) is 18.0 Å². The third-order valence-corrected chi connectivity index (χ3v) is 3.86. The van der Waals surface area contributed by atoms with Crippen molar-refractivity contribution in [2.45, 2.75) is 52.7 Å². The van der Waals surface area contributed by atoms with Crippen molar-refractivity contribution in [3.05, 3.63) is 36.5 Å². The van der Waals surface area contributed by atoms with Gasteiger partial charge in [-0.1, -0.05) is 32.0 Å². The molecule has 2 aromatic rings. The van der Waals surface area contributed by atoms with Crippen LogP contribution < -0.4 is 0 Å². The van der Waals surface area contributed by atoms with Crippen molar-refractivity contribution in [3.8, 4) is 0 Å². The van der Waals surface area contributed by atoms with Crippen LogP contribution in [0.1, 0.15) is 40.0 Å². The fraction of sp³-hybridized carbons (Fsp3) is 0.500. The molecule has 0 amide bonds. The normalized spacial score (nSPS) is 11.5. The lowest BCUT2D eigenvalue weighted by Crippen LogP contribution is -2.15. The molecule has 0 radical (unpaired) electrons. The van der Waals surface area contributed by atoms with Gasteiger partial charge in [0.15, 0.2) is 0 Å². The number of aromatic nitrogens is 1. The van der Waals surface area contributed by atoms with Crippen LogP contribution in [0, 0.1) is 0 Å². The number of ketones is 1. The molecular formula is C20H29NO4. The molecule has 2 rings (SSSR count). The van der Waals surface area contributed by atoms with E-state index in [4.69, 9.17) is 4.74 Å². The van der Waals surface area contributed by atoms with Crippen LogP contribution in [0.5, 0.6) is 0 Å². The van der Waals surface area contributed by atoms with Crippen molar-refractivity contribution in [2.75, 3.05) is 13.7 Å². The molecule has 1 heterocycles. The Morgan fingerprint density at radius 2 is 1.88 bits per heavy atom. The van der Waals surface area contributed by atoms with Gasteiger partial charge in [0, 0.05) is 31.8 Å². The number of Topliss-reactive ketones (excluding diaryl/α,β-unsaturated/α-hetero) is 1. The number of hydrogen-bond donors (Lipinski definition) is 0. The van der Waals surface area contributed by atoms with E-state index in [2.05, 4.69) is 59.7 Å². The van der Waals surface area contributed by atoms with E-state index < -0.39 is 11.8 Å². The summed E-state index contributed by atoms with van der Waals surface area (Å²) < 4.78 is 12.2. The molecule has 0 aliphatic carbocycles. The summed E-state index contributed by atoms with van der Waals surface area (Å²) in [6.07, 6.45) is 5.86. The van der Waals surface area contributed by atoms with Gasteiger partial charge in [0.2, 0.25) is 5.78 Å². The second-order valence-electron chi connectivity index (χ2n) is 5.81. The van der Waals surface area contributed by atoms with Gasteiger partial charge in [-0.25, -0.2) is 4.79 Å². The van der Waals surface area contributed by atoms with Gasteiger partial charge in [0.25, 0.3) is 0 Å². The first-order valence-electron chi connectivity index (χ1n) is 8.77. The minimum atomic E-state index is -0.792. The Kier molecular flexibility index (Phi) is 9.55. The monoisotopic (exact) mass is 347 g/mol. The minimum Gasteiger partial charge on any atom is -0.463 e. The molecule has 138 valence electrons. The number of carbonyl (C=O) groups excluding carboxylic acids is 2. The van der Waals surface area contributed by atoms with Gasteiger partial charge < -0.3 is 14.0 Å². The summed E-state index contributed by atoms with van der Waals surface area (Å²) in [5.41, 5.74) is 1.32. The molecule has 1 aromatic heterocycles. The van der Waals surface area contributed by atoms with Gasteiger partial charge in [-0.05, 0) is 36.8 Å². The molecular weight excluding hydrogens is 318 g/mol. The van der Waals surface area contributed by atoms with E-state index in [9.17, 15) is 9.59 Å². The Hall–Kier alpha value is -2.14. The molecule has 0 aliphatic heterocycles. The number of aryl methyl sites for hydroxylation is 1. The zero-order chi connectivity index (χ0) is 18.7. The molecule has 0 N–H and O–H groups in total. The Morgan fingerprint density at radius 1 is 1.16 bits per heavy atom. The van der Waals surface area contributed by atoms with Crippen molar-refractivity contribution in [2.24, 2.45) is 0 Å². The summed E-state index contributed by atoms with van der Waals surface area (Å²) in [5.74, 6) is -1.36. The first kappa shape index (κ1) is 20.9. The van der Waals surface area contributed by atoms with Crippen molar-refractivity contribution >= 4 is 22.7 Å². The Bertz CT molecular complexity index is 663. The first-order chi connectivity index (χ1) is 12.0. The van der Waals surface area contributed by atoms with Crippen molar-refractivity contribution in [1.82, 2.24) is 4.57 Å². The van der Waals surface area contributed by atoms with Crippen LogP contribution in [0.3, 0.4) is 0 Å². The SMILES string of the molecule is CCCOC(CC)CCn1ccc2ccccc21.COC(=O)C(C)=O. The highest BCUT2D eigenvalue weighted by Crippen LogP contribution is 2.16. The van der Waals surface area contributed by atoms with Gasteiger partial charge in [-0.2, -0.15) is 0 Å². The van der Waals surface area contributed by atoms with Crippen molar-refractivity contribution in [3.63, 3.8) is 0 Å². The quantitative estimate of drug-likeness (QED) is 0.535. The molecule has 5 heteroatoms. The molecule has 1 atom stereocenters. The van der Waals surface area contributed by atoms with E-state index >= 15 is 0 Å². The molecule has 1 aromatic carbocycles. The average Bonchev–Trinajstić information content (AvgIpc) is 3.05. The molecule has 25 heavy (non-hydrogen) atoms. The third kappa shape index (κ3) is 7.10. The van der Waals surface area contributed by atoms with Gasteiger partial charge >= 0.3 is 5.97 Å². The summed E-state index contributed by atoms with van der Waals surface area (Å²) in [6.45, 7) is 7.44. The van der Waals surface area contributed by atoms with E-state index in [-0.39, 0.29) is 0 Å². The minimum absolute atomic E-state index is 0.395. The predicted octanol–water partition coefficient (Wildman–Crippen LogP) is 3.99. The standard InChI is InChI=1S/C16H23NO.C4H6O3/c1-3-13-18-15(4-2)10-12-17-11-9-14-7-5-6-8-16(14)17;1-3(5)4(6)7-2/h5-9,11,15H,3-4,10,12-13H2,1-2H3;1-2H3. The number of para-hydroxylation sites is 1. The molecule has 5 nitrogen and oxygen atoms in total. The highest BCUT2D eigenvalue weighted by atomic mass is 16.5. The summed E-state index contributed by atoms with van der Waals surface area (Å²) >= 11 is 0. The predicted molar refractivity (Wildman–Crippen MR) is 99.6 cm³/mol. The maximum absolute atomic E-state index is 9.94. The first-order valence-corrected chi connectivity index (χ1v) is 8.77. The fourth-order valence-corrected chi connectivity index (χ4v) is 2.45. The van der Waals surface area contributed by atoms with Gasteiger partial charge in [-0.15, -0.1) is 0 Å². The second kappa shape index (κ2) is 11.4. The zero-order valence-electron chi connectivity index (χ0n) is 15.7. The molecule has 0 fully saturated rings. The summed E-state index contributed by atoms with van der Waals surface area (Å²) in [5, 5.41) is 1.32. The number of fused-ring (bicyclic) bond motifs is 1. The smallest absolute Gasteiger partial charge is 0.374 e. The van der Waals surface area contributed by atoms with E-state index in [1.807, 2.05) is 0 Å². The number of methoxy groups -OCH3 is 1. The Morgan fingerprint density at radius 3 is 2.44 bits per heavy atom. The number of esters is 1. The molecule has 0 saturated heterocycles. The third-order valence-electron chi connectivity index (χ3n) is 3.86. The highest BCUT2D eigenvalue weighted by molar-refractivity contribution is 6.32. The van der Waals surface area contributed by atoms with Crippen LogP contribution in [0.2, 0.25) is 0 Å². The van der Waals surface area contributed by atoms with Crippen LogP contribution in [0.25, 0.3) is 10.9 Å². The maximum Gasteiger partial charge on any atom is 0.374 e. The maximum atomic E-state index is 9.94. The summed E-state index contributed by atoms with van der Waals surface area (Å²) in [4.78, 5) is 19.8. The fourth-order valence-electron chi connectivity index (χ4n) is 2.45. The van der Waals surface area contributed by atoms with Gasteiger partial charge in [0.05, 0.1) is 13.2 Å². The second-order valence-corrected chi connectivity index (χ2v) is 5.81. The number of nitrogens with zero attached hydrogens (tertiary/aromatic N) is 1. The zero-order valence-corrected chi connectivity index (χ0v) is 15.7. The van der Waals surface area contributed by atoms with E-state index in [0.717, 1.165) is 39.3 Å².